The molecule has 1 N–H and O–H groups in total. The summed E-state index contributed by atoms with van der Waals surface area (Å²) in [7, 11) is 0. The molecule has 2 heterocycles. The van der Waals surface area contributed by atoms with Gasteiger partial charge in [-0.3, -0.25) is 9.59 Å². The fourth-order valence-corrected chi connectivity index (χ4v) is 2.35. The second-order valence-electron chi connectivity index (χ2n) is 5.60. The number of nitrogens with one attached hydrogen (secondary N) is 1. The zero-order valence-corrected chi connectivity index (χ0v) is 14.0. The number of aromatic nitrogens is 3. The molecule has 0 aliphatic heterocycles. The Balaban J connectivity index is 1.80. The highest BCUT2D eigenvalue weighted by molar-refractivity contribution is 5.91. The number of amides is 1. The number of pyridine rings is 1. The maximum Gasteiger partial charge on any atom is 0.251 e. The highest BCUT2D eigenvalue weighted by Crippen LogP contribution is 2.17. The van der Waals surface area contributed by atoms with Crippen LogP contribution in [0.4, 0.5) is 5.69 Å². The Morgan fingerprint density at radius 2 is 2.00 bits per heavy atom. The molecule has 1 aromatic carbocycles. The molecule has 0 bridgehead atoms. The third-order valence-corrected chi connectivity index (χ3v) is 3.73. The van der Waals surface area contributed by atoms with Crippen LogP contribution in [0.2, 0.25) is 0 Å². The van der Waals surface area contributed by atoms with Gasteiger partial charge in [0.05, 0.1) is 5.56 Å². The van der Waals surface area contributed by atoms with Crippen molar-refractivity contribution in [2.24, 2.45) is 0 Å². The summed E-state index contributed by atoms with van der Waals surface area (Å²) in [5.74, 6) is 0.559. The molecule has 25 heavy (non-hydrogen) atoms. The van der Waals surface area contributed by atoms with Gasteiger partial charge in [-0.15, -0.1) is 10.2 Å². The van der Waals surface area contributed by atoms with E-state index in [4.69, 9.17) is 4.42 Å². The van der Waals surface area contributed by atoms with Gasteiger partial charge in [0.2, 0.25) is 17.7 Å². The fraction of sp³-hybridized carbons (Fsp3) is 0.222. The molecule has 0 unspecified atom stereocenters. The number of hydrogen-bond donors (Lipinski definition) is 1. The average Bonchev–Trinajstić information content (AvgIpc) is 3.08. The van der Waals surface area contributed by atoms with Gasteiger partial charge in [-0.1, -0.05) is 25.1 Å². The van der Waals surface area contributed by atoms with Crippen LogP contribution in [-0.2, 0) is 17.8 Å². The van der Waals surface area contributed by atoms with E-state index >= 15 is 0 Å². The number of carbonyl (C=O) groups excluding carboxylic acids is 1. The molecule has 0 saturated carbocycles. The van der Waals surface area contributed by atoms with Gasteiger partial charge in [0.15, 0.2) is 0 Å². The number of anilines is 1. The lowest BCUT2D eigenvalue weighted by Gasteiger charge is -2.10. The van der Waals surface area contributed by atoms with E-state index in [-0.39, 0.29) is 18.0 Å². The molecule has 0 saturated heterocycles. The number of benzene rings is 1. The first-order valence-electron chi connectivity index (χ1n) is 7.95. The Bertz CT molecular complexity index is 959. The summed E-state index contributed by atoms with van der Waals surface area (Å²) in [4.78, 5) is 24.3. The van der Waals surface area contributed by atoms with Gasteiger partial charge in [-0.2, -0.15) is 0 Å². The number of aryl methyl sites for hydroxylation is 2. The SMILES string of the molecule is CCc1nnc(-c2ccc(=O)n(CC(=O)Nc3ccccc3C)c2)o1. The Morgan fingerprint density at radius 3 is 2.72 bits per heavy atom. The molecule has 3 rings (SSSR count). The third-order valence-electron chi connectivity index (χ3n) is 3.73. The van der Waals surface area contributed by atoms with Crippen LogP contribution >= 0.6 is 0 Å². The van der Waals surface area contributed by atoms with Crippen LogP contribution < -0.4 is 10.9 Å². The van der Waals surface area contributed by atoms with Crippen LogP contribution in [0.5, 0.6) is 0 Å². The van der Waals surface area contributed by atoms with Gasteiger partial charge in [0.1, 0.15) is 6.54 Å². The van der Waals surface area contributed by atoms with Gasteiger partial charge in [-0.25, -0.2) is 0 Å². The molecule has 0 aliphatic rings. The largest absolute Gasteiger partial charge is 0.421 e. The lowest BCUT2D eigenvalue weighted by atomic mass is 10.2. The highest BCUT2D eigenvalue weighted by Gasteiger charge is 2.11. The molecule has 0 fully saturated rings. The lowest BCUT2D eigenvalue weighted by molar-refractivity contribution is -0.116. The minimum atomic E-state index is -0.284. The van der Waals surface area contributed by atoms with Crippen LogP contribution in [0.15, 0.2) is 51.8 Å². The molecule has 128 valence electrons. The topological polar surface area (TPSA) is 90.0 Å². The first-order chi connectivity index (χ1) is 12.1. The van der Waals surface area contributed by atoms with Crippen molar-refractivity contribution in [3.8, 4) is 11.5 Å². The normalized spacial score (nSPS) is 10.6. The Morgan fingerprint density at radius 1 is 1.20 bits per heavy atom. The molecular formula is C18H18N4O3. The van der Waals surface area contributed by atoms with Crippen LogP contribution in [0.3, 0.4) is 0 Å². The summed E-state index contributed by atoms with van der Waals surface area (Å²) in [5, 5.41) is 10.7. The van der Waals surface area contributed by atoms with Gasteiger partial charge >= 0.3 is 0 Å². The van der Waals surface area contributed by atoms with Crippen LogP contribution in [0.25, 0.3) is 11.5 Å². The predicted octanol–water partition coefficient (Wildman–Crippen LogP) is 2.41. The van der Waals surface area contributed by atoms with Crippen molar-refractivity contribution in [3.63, 3.8) is 0 Å². The summed E-state index contributed by atoms with van der Waals surface area (Å²) in [6.07, 6.45) is 2.18. The maximum atomic E-state index is 12.3. The second kappa shape index (κ2) is 7.12. The van der Waals surface area contributed by atoms with Gasteiger partial charge in [0, 0.05) is 24.4 Å². The third kappa shape index (κ3) is 3.82. The molecule has 0 radical (unpaired) electrons. The van der Waals surface area contributed by atoms with Crippen molar-refractivity contribution in [2.75, 3.05) is 5.32 Å². The monoisotopic (exact) mass is 338 g/mol. The predicted molar refractivity (Wildman–Crippen MR) is 93.2 cm³/mol. The van der Waals surface area contributed by atoms with E-state index in [9.17, 15) is 9.59 Å². The quantitative estimate of drug-likeness (QED) is 0.771. The Kier molecular flexibility index (Phi) is 4.74. The first kappa shape index (κ1) is 16.6. The number of rotatable bonds is 5. The number of hydrogen-bond acceptors (Lipinski definition) is 5. The number of carbonyl (C=O) groups is 1. The smallest absolute Gasteiger partial charge is 0.251 e. The van der Waals surface area contributed by atoms with Crippen LogP contribution in [-0.4, -0.2) is 20.7 Å². The summed E-state index contributed by atoms with van der Waals surface area (Å²) >= 11 is 0. The van der Waals surface area contributed by atoms with Crippen molar-refractivity contribution in [1.82, 2.24) is 14.8 Å². The number of nitrogens with zero attached hydrogens (tertiary/aromatic N) is 3. The molecule has 7 nitrogen and oxygen atoms in total. The van der Waals surface area contributed by atoms with Crippen molar-refractivity contribution in [2.45, 2.75) is 26.8 Å². The molecule has 0 atom stereocenters. The van der Waals surface area contributed by atoms with Crippen molar-refractivity contribution in [1.29, 1.82) is 0 Å². The molecule has 7 heteroatoms. The van der Waals surface area contributed by atoms with Crippen molar-refractivity contribution >= 4 is 11.6 Å². The van der Waals surface area contributed by atoms with Gasteiger partial charge in [0.25, 0.3) is 5.56 Å². The zero-order valence-electron chi connectivity index (χ0n) is 14.0. The van der Waals surface area contributed by atoms with Gasteiger partial charge < -0.3 is 14.3 Å². The van der Waals surface area contributed by atoms with E-state index in [1.165, 1.54) is 10.6 Å². The van der Waals surface area contributed by atoms with E-state index in [1.807, 2.05) is 38.1 Å². The van der Waals surface area contributed by atoms with Crippen LogP contribution in [0, 0.1) is 6.92 Å². The summed E-state index contributed by atoms with van der Waals surface area (Å²) in [6.45, 7) is 3.72. The summed E-state index contributed by atoms with van der Waals surface area (Å²) < 4.78 is 6.81. The Labute approximate surface area is 144 Å². The highest BCUT2D eigenvalue weighted by atomic mass is 16.4. The minimum Gasteiger partial charge on any atom is -0.421 e. The maximum absolute atomic E-state index is 12.3. The van der Waals surface area contributed by atoms with Crippen molar-refractivity contribution < 1.29 is 9.21 Å². The second-order valence-corrected chi connectivity index (χ2v) is 5.60. The van der Waals surface area contributed by atoms with E-state index in [2.05, 4.69) is 15.5 Å². The minimum absolute atomic E-state index is 0.101. The van der Waals surface area contributed by atoms with E-state index in [0.29, 0.717) is 23.8 Å². The average molecular weight is 338 g/mol. The molecule has 2 aromatic heterocycles. The molecule has 1 amide bonds. The summed E-state index contributed by atoms with van der Waals surface area (Å²) in [5.41, 5.74) is 1.99. The Hall–Kier alpha value is -3.22. The molecule has 0 spiro atoms. The first-order valence-corrected chi connectivity index (χ1v) is 7.95. The lowest BCUT2D eigenvalue weighted by Crippen LogP contribution is -2.27. The van der Waals surface area contributed by atoms with Crippen molar-refractivity contribution in [3.05, 3.63) is 64.4 Å². The fourth-order valence-electron chi connectivity index (χ4n) is 2.35. The molecular weight excluding hydrogens is 320 g/mol. The zero-order chi connectivity index (χ0) is 17.8. The van der Waals surface area contributed by atoms with E-state index in [0.717, 1.165) is 11.3 Å². The van der Waals surface area contributed by atoms with Gasteiger partial charge in [-0.05, 0) is 24.6 Å². The standard InChI is InChI=1S/C18H18N4O3/c1-3-16-20-21-18(25-16)13-8-9-17(24)22(10-13)11-15(23)19-14-7-5-4-6-12(14)2/h4-10H,3,11H2,1-2H3,(H,19,23). The van der Waals surface area contributed by atoms with E-state index < -0.39 is 0 Å². The summed E-state index contributed by atoms with van der Waals surface area (Å²) in [6, 6.07) is 10.4. The number of para-hydroxylation sites is 1. The molecule has 3 aromatic rings. The van der Waals surface area contributed by atoms with E-state index in [1.54, 1.807) is 12.3 Å². The molecule has 0 aliphatic carbocycles. The van der Waals surface area contributed by atoms with Crippen LogP contribution in [0.1, 0.15) is 18.4 Å².